The first kappa shape index (κ1) is 28.8. The van der Waals surface area contributed by atoms with Gasteiger partial charge in [-0.25, -0.2) is 9.00 Å². The summed E-state index contributed by atoms with van der Waals surface area (Å²) >= 11 is -2.55. The molecular formula is C28H32N4O7S. The van der Waals surface area contributed by atoms with Crippen molar-refractivity contribution in [1.29, 1.82) is 5.41 Å². The number of carbonyl (C=O) groups excluding carboxylic acids is 2. The smallest absolute Gasteiger partial charge is 0.329 e. The summed E-state index contributed by atoms with van der Waals surface area (Å²) in [5, 5.41) is 9.05. The predicted octanol–water partition coefficient (Wildman–Crippen LogP) is 2.86. The predicted molar refractivity (Wildman–Crippen MR) is 152 cm³/mol. The number of rotatable bonds is 11. The highest BCUT2D eigenvalue weighted by Gasteiger charge is 2.44. The number of nitrogen functional groups attached to an aromatic ring is 1. The fourth-order valence-electron chi connectivity index (χ4n) is 4.91. The Kier molecular flexibility index (Phi) is 8.90. The highest BCUT2D eigenvalue weighted by molar-refractivity contribution is 7.80. The van der Waals surface area contributed by atoms with Gasteiger partial charge in [0.05, 0.1) is 26.5 Å². The fourth-order valence-corrected chi connectivity index (χ4v) is 5.61. The molecule has 4 rings (SSSR count). The monoisotopic (exact) mass is 568 g/mol. The van der Waals surface area contributed by atoms with Crippen molar-refractivity contribution in [3.8, 4) is 11.5 Å². The van der Waals surface area contributed by atoms with Crippen molar-refractivity contribution in [2.75, 3.05) is 31.7 Å². The molecule has 1 aliphatic heterocycles. The molecule has 212 valence electrons. The lowest BCUT2D eigenvalue weighted by molar-refractivity contribution is -0.153. The molecule has 0 aromatic heterocycles. The Morgan fingerprint density at radius 1 is 1.18 bits per heavy atom. The second-order valence-electron chi connectivity index (χ2n) is 9.21. The number of esters is 1. The number of nitrogens with one attached hydrogen (secondary N) is 1. The van der Waals surface area contributed by atoms with Crippen molar-refractivity contribution in [3.05, 3.63) is 65.7 Å². The molecule has 3 unspecified atom stereocenters. The minimum absolute atomic E-state index is 0.0763. The molecule has 1 aliphatic rings. The third kappa shape index (κ3) is 5.87. The largest absolute Gasteiger partial charge is 0.497 e. The van der Waals surface area contributed by atoms with Gasteiger partial charge in [-0.15, -0.1) is 0 Å². The number of fused-ring (bicyclic) bond motifs is 1. The average molecular weight is 569 g/mol. The molecule has 11 nitrogen and oxygen atoms in total. The van der Waals surface area contributed by atoms with Crippen LogP contribution in [0.1, 0.15) is 24.5 Å². The molecule has 1 amide bonds. The van der Waals surface area contributed by atoms with Crippen molar-refractivity contribution >= 4 is 45.4 Å². The van der Waals surface area contributed by atoms with E-state index in [1.807, 2.05) is 0 Å². The van der Waals surface area contributed by atoms with E-state index in [4.69, 9.17) is 25.4 Å². The Balaban J connectivity index is 1.66. The molecule has 0 saturated carbocycles. The second-order valence-corrected chi connectivity index (χ2v) is 10.1. The summed E-state index contributed by atoms with van der Waals surface area (Å²) < 4.78 is 40.3. The number of carbonyl (C=O) groups is 2. The summed E-state index contributed by atoms with van der Waals surface area (Å²) in [5.74, 6) is -0.0291. The van der Waals surface area contributed by atoms with E-state index in [1.54, 1.807) is 68.6 Å². The quantitative estimate of drug-likeness (QED) is 0.138. The molecule has 12 heteroatoms. The van der Waals surface area contributed by atoms with Crippen LogP contribution >= 0.6 is 0 Å². The summed E-state index contributed by atoms with van der Waals surface area (Å²) in [5.41, 5.74) is 7.15. The zero-order chi connectivity index (χ0) is 29.0. The van der Waals surface area contributed by atoms with Crippen LogP contribution in [0.4, 0.5) is 5.69 Å². The first-order valence-electron chi connectivity index (χ1n) is 12.6. The minimum Gasteiger partial charge on any atom is -0.497 e. The van der Waals surface area contributed by atoms with E-state index in [-0.39, 0.29) is 31.8 Å². The van der Waals surface area contributed by atoms with Gasteiger partial charge in [0.25, 0.3) is 11.3 Å². The van der Waals surface area contributed by atoms with E-state index < -0.39 is 35.2 Å². The number of nitrogens with two attached hydrogens (primary N) is 1. The second kappa shape index (κ2) is 12.3. The highest BCUT2D eigenvalue weighted by Crippen LogP contribution is 2.36. The maximum Gasteiger partial charge on any atom is 0.329 e. The minimum atomic E-state index is -2.55. The number of hydrogen-bond acceptors (Lipinski definition) is 7. The number of nitrogens with zero attached hydrogens (tertiary/aromatic N) is 2. The molecule has 0 spiro atoms. The lowest BCUT2D eigenvalue weighted by Gasteiger charge is -2.29. The van der Waals surface area contributed by atoms with Crippen LogP contribution in [-0.2, 0) is 32.0 Å². The van der Waals surface area contributed by atoms with Gasteiger partial charge in [0.15, 0.2) is 0 Å². The van der Waals surface area contributed by atoms with E-state index in [0.717, 1.165) is 20.6 Å². The van der Waals surface area contributed by atoms with Gasteiger partial charge < -0.3 is 24.8 Å². The van der Waals surface area contributed by atoms with Crippen molar-refractivity contribution in [2.45, 2.75) is 31.8 Å². The van der Waals surface area contributed by atoms with E-state index in [1.165, 1.54) is 12.0 Å². The van der Waals surface area contributed by atoms with E-state index in [2.05, 4.69) is 0 Å². The number of hydrogen-bond donors (Lipinski definition) is 3. The molecule has 40 heavy (non-hydrogen) atoms. The molecule has 1 heterocycles. The van der Waals surface area contributed by atoms with Gasteiger partial charge in [-0.3, -0.25) is 19.1 Å². The van der Waals surface area contributed by atoms with E-state index in [0.29, 0.717) is 22.7 Å². The Morgan fingerprint density at radius 3 is 2.50 bits per heavy atom. The van der Waals surface area contributed by atoms with Gasteiger partial charge >= 0.3 is 5.97 Å². The van der Waals surface area contributed by atoms with Crippen molar-refractivity contribution in [2.24, 2.45) is 5.73 Å². The summed E-state index contributed by atoms with van der Waals surface area (Å²) in [6.07, 6.45) is 0.386. The number of amidine groups is 1. The summed E-state index contributed by atoms with van der Waals surface area (Å²) in [7, 11) is 3.05. The topological polar surface area (TPSA) is 155 Å². The Hall–Kier alpha value is -4.16. The van der Waals surface area contributed by atoms with Crippen LogP contribution in [0.3, 0.4) is 0 Å². The van der Waals surface area contributed by atoms with Crippen molar-refractivity contribution < 1.29 is 32.6 Å². The summed E-state index contributed by atoms with van der Waals surface area (Å²) in [6.45, 7) is 2.01. The van der Waals surface area contributed by atoms with E-state index in [9.17, 15) is 18.4 Å². The average Bonchev–Trinajstić information content (AvgIpc) is 3.31. The normalized spacial score (nSPS) is 16.4. The van der Waals surface area contributed by atoms with Gasteiger partial charge in [0.2, 0.25) is 5.91 Å². The number of ether oxygens (including phenoxy) is 3. The molecule has 0 aliphatic carbocycles. The molecular weight excluding hydrogens is 536 g/mol. The lowest BCUT2D eigenvalue weighted by atomic mass is 10.0. The number of likely N-dealkylation sites (tertiary alicyclic amines) is 1. The van der Waals surface area contributed by atoms with Crippen LogP contribution in [0, 0.1) is 5.41 Å². The van der Waals surface area contributed by atoms with Gasteiger partial charge in [-0.1, -0.05) is 30.3 Å². The zero-order valence-electron chi connectivity index (χ0n) is 22.5. The first-order valence-corrected chi connectivity index (χ1v) is 13.7. The molecule has 3 aromatic carbocycles. The van der Waals surface area contributed by atoms with Crippen LogP contribution in [0.5, 0.6) is 11.5 Å². The van der Waals surface area contributed by atoms with Crippen LogP contribution in [0.25, 0.3) is 10.8 Å². The molecule has 3 aromatic rings. The molecule has 0 radical (unpaired) electrons. The molecule has 1 fully saturated rings. The first-order chi connectivity index (χ1) is 19.2. The zero-order valence-corrected chi connectivity index (χ0v) is 23.3. The summed E-state index contributed by atoms with van der Waals surface area (Å²) in [4.78, 5) is 28.2. The molecule has 0 bridgehead atoms. The summed E-state index contributed by atoms with van der Waals surface area (Å²) in [6, 6.07) is 13.6. The molecule has 3 atom stereocenters. The number of methoxy groups -OCH3 is 2. The Morgan fingerprint density at radius 2 is 1.90 bits per heavy atom. The van der Waals surface area contributed by atoms with E-state index >= 15 is 0 Å². The number of anilines is 1. The Labute approximate surface area is 234 Å². The molecule has 1 saturated heterocycles. The van der Waals surface area contributed by atoms with Crippen molar-refractivity contribution in [1.82, 2.24) is 4.90 Å². The SMILES string of the molecule is CCOC(=O)C(Cc1ccc(C(=N)N)cc1)N1CCC(N(c2cc(OC)c3cc(OC)ccc3c2)S(=O)O)C1=O. The maximum absolute atomic E-state index is 13.7. The lowest BCUT2D eigenvalue weighted by Crippen LogP contribution is -2.49. The fraction of sp³-hybridized carbons (Fsp3) is 0.321. The van der Waals surface area contributed by atoms with Gasteiger partial charge in [0, 0.05) is 30.0 Å². The van der Waals surface area contributed by atoms with Crippen LogP contribution in [0.15, 0.2) is 54.6 Å². The third-order valence-corrected chi connectivity index (χ3v) is 7.68. The van der Waals surface area contributed by atoms with Gasteiger partial charge in [-0.05, 0) is 42.5 Å². The third-order valence-electron chi connectivity index (χ3n) is 6.87. The highest BCUT2D eigenvalue weighted by atomic mass is 32.2. The standard InChI is InChI=1S/C28H32N4O7S/c1-4-39-28(34)24(13-17-5-7-18(8-6-17)26(29)30)31-12-11-23(27(31)33)32(40(35)36)20-14-19-9-10-21(37-2)16-22(19)25(15-20)38-3/h5-10,14-16,23-24H,4,11-13H2,1-3H3,(H3,29,30)(H,35,36). The van der Waals surface area contributed by atoms with Crippen molar-refractivity contribution in [3.63, 3.8) is 0 Å². The van der Waals surface area contributed by atoms with Crippen LogP contribution in [0.2, 0.25) is 0 Å². The van der Waals surface area contributed by atoms with Crippen LogP contribution < -0.4 is 19.5 Å². The van der Waals surface area contributed by atoms with Crippen LogP contribution in [-0.4, -0.2) is 70.8 Å². The Bertz CT molecular complexity index is 1450. The number of amides is 1. The molecule has 4 N–H and O–H groups in total. The number of benzene rings is 3. The van der Waals surface area contributed by atoms with Gasteiger partial charge in [-0.2, -0.15) is 0 Å². The maximum atomic E-state index is 13.7. The van der Waals surface area contributed by atoms with Gasteiger partial charge in [0.1, 0.15) is 29.4 Å².